The summed E-state index contributed by atoms with van der Waals surface area (Å²) in [4.78, 5) is 2.47. The zero-order valence-corrected chi connectivity index (χ0v) is 12.4. The van der Waals surface area contributed by atoms with Crippen LogP contribution in [0, 0.1) is 0 Å². The Balaban J connectivity index is 0.00000162. The van der Waals surface area contributed by atoms with Gasteiger partial charge < -0.3 is 5.32 Å². The molecule has 1 aromatic heterocycles. The number of halogens is 1. The fourth-order valence-electron chi connectivity index (χ4n) is 2.56. The minimum atomic E-state index is 0. The first-order valence-corrected chi connectivity index (χ1v) is 6.62. The number of nitrogens with one attached hydrogen (secondary N) is 1. The predicted molar refractivity (Wildman–Crippen MR) is 77.2 cm³/mol. The molecule has 18 heavy (non-hydrogen) atoms. The smallest absolute Gasteiger partial charge is 0.0527 e. The highest BCUT2D eigenvalue weighted by Crippen LogP contribution is 2.15. The zero-order valence-electron chi connectivity index (χ0n) is 11.6. The van der Waals surface area contributed by atoms with E-state index in [1.165, 1.54) is 18.5 Å². The van der Waals surface area contributed by atoms with Gasteiger partial charge in [-0.15, -0.1) is 12.4 Å². The largest absolute Gasteiger partial charge is 0.317 e. The second-order valence-corrected chi connectivity index (χ2v) is 5.26. The van der Waals surface area contributed by atoms with E-state index in [9.17, 15) is 0 Å². The molecule has 1 N–H and O–H groups in total. The van der Waals surface area contributed by atoms with Gasteiger partial charge in [-0.25, -0.2) is 0 Å². The second kappa shape index (κ2) is 7.12. The number of hydrogen-bond donors (Lipinski definition) is 1. The normalized spacial score (nSPS) is 17.2. The standard InChI is InChI=1S/C13H24N4.ClH/c1-11(2)17-13(6-9-15-17)10-16(3)12-4-7-14-8-5-12;/h6,9,11-12,14H,4-5,7-8,10H2,1-3H3;1H. The molecule has 0 amide bonds. The summed E-state index contributed by atoms with van der Waals surface area (Å²) in [6.07, 6.45) is 4.42. The number of nitrogens with zero attached hydrogens (tertiary/aromatic N) is 3. The first-order valence-electron chi connectivity index (χ1n) is 6.62. The van der Waals surface area contributed by atoms with Gasteiger partial charge in [0.25, 0.3) is 0 Å². The van der Waals surface area contributed by atoms with Crippen molar-refractivity contribution in [3.63, 3.8) is 0 Å². The van der Waals surface area contributed by atoms with E-state index in [0.29, 0.717) is 12.1 Å². The summed E-state index contributed by atoms with van der Waals surface area (Å²) < 4.78 is 2.12. The summed E-state index contributed by atoms with van der Waals surface area (Å²) in [5.74, 6) is 0. The van der Waals surface area contributed by atoms with Crippen LogP contribution in [0.2, 0.25) is 0 Å². The Labute approximate surface area is 116 Å². The van der Waals surface area contributed by atoms with Crippen LogP contribution in [-0.2, 0) is 6.54 Å². The molecule has 0 aliphatic carbocycles. The van der Waals surface area contributed by atoms with Crippen molar-refractivity contribution in [3.8, 4) is 0 Å². The lowest BCUT2D eigenvalue weighted by Crippen LogP contribution is -2.41. The Kier molecular flexibility index (Phi) is 6.12. The minimum Gasteiger partial charge on any atom is -0.317 e. The van der Waals surface area contributed by atoms with E-state index in [1.54, 1.807) is 0 Å². The van der Waals surface area contributed by atoms with Gasteiger partial charge in [0, 0.05) is 24.8 Å². The molecule has 0 radical (unpaired) electrons. The van der Waals surface area contributed by atoms with E-state index in [1.807, 2.05) is 6.20 Å². The lowest BCUT2D eigenvalue weighted by atomic mass is 10.1. The lowest BCUT2D eigenvalue weighted by Gasteiger charge is -2.31. The Morgan fingerprint density at radius 1 is 1.44 bits per heavy atom. The van der Waals surface area contributed by atoms with Crippen LogP contribution >= 0.6 is 12.4 Å². The minimum absolute atomic E-state index is 0. The van der Waals surface area contributed by atoms with Crippen LogP contribution in [0.3, 0.4) is 0 Å². The van der Waals surface area contributed by atoms with Crippen molar-refractivity contribution >= 4 is 12.4 Å². The summed E-state index contributed by atoms with van der Waals surface area (Å²) in [6, 6.07) is 3.30. The van der Waals surface area contributed by atoms with E-state index < -0.39 is 0 Å². The average molecular weight is 273 g/mol. The van der Waals surface area contributed by atoms with Crippen molar-refractivity contribution in [3.05, 3.63) is 18.0 Å². The SMILES string of the molecule is CC(C)n1nccc1CN(C)C1CCNCC1.Cl. The van der Waals surface area contributed by atoms with Gasteiger partial charge in [0.15, 0.2) is 0 Å². The highest BCUT2D eigenvalue weighted by Gasteiger charge is 2.19. The van der Waals surface area contributed by atoms with Gasteiger partial charge in [-0.2, -0.15) is 5.10 Å². The maximum atomic E-state index is 4.39. The average Bonchev–Trinajstić information content (AvgIpc) is 2.78. The van der Waals surface area contributed by atoms with Crippen LogP contribution in [0.4, 0.5) is 0 Å². The third-order valence-electron chi connectivity index (χ3n) is 3.58. The topological polar surface area (TPSA) is 33.1 Å². The van der Waals surface area contributed by atoms with E-state index in [2.05, 4.69) is 47.0 Å². The quantitative estimate of drug-likeness (QED) is 0.911. The first-order chi connectivity index (χ1) is 8.18. The van der Waals surface area contributed by atoms with Gasteiger partial charge in [-0.1, -0.05) is 0 Å². The Hall–Kier alpha value is -0.580. The van der Waals surface area contributed by atoms with Gasteiger partial charge in [-0.05, 0) is 52.9 Å². The molecule has 0 bridgehead atoms. The summed E-state index contributed by atoms with van der Waals surface area (Å²) in [7, 11) is 2.23. The molecule has 1 aliphatic heterocycles. The molecule has 2 heterocycles. The molecular weight excluding hydrogens is 248 g/mol. The van der Waals surface area contributed by atoms with Gasteiger partial charge >= 0.3 is 0 Å². The van der Waals surface area contributed by atoms with Gasteiger partial charge in [-0.3, -0.25) is 9.58 Å². The number of rotatable bonds is 4. The molecule has 1 aliphatic rings. The third kappa shape index (κ3) is 3.70. The molecule has 1 aromatic rings. The van der Waals surface area contributed by atoms with E-state index in [4.69, 9.17) is 0 Å². The predicted octanol–water partition coefficient (Wildman–Crippen LogP) is 2.07. The summed E-state index contributed by atoms with van der Waals surface area (Å²) in [5.41, 5.74) is 1.32. The fourth-order valence-corrected chi connectivity index (χ4v) is 2.56. The molecule has 4 nitrogen and oxygen atoms in total. The molecule has 0 atom stereocenters. The van der Waals surface area contributed by atoms with E-state index >= 15 is 0 Å². The molecule has 104 valence electrons. The number of hydrogen-bond acceptors (Lipinski definition) is 3. The highest BCUT2D eigenvalue weighted by molar-refractivity contribution is 5.85. The Morgan fingerprint density at radius 3 is 2.72 bits per heavy atom. The van der Waals surface area contributed by atoms with E-state index in [-0.39, 0.29) is 12.4 Å². The molecule has 0 saturated carbocycles. The third-order valence-corrected chi connectivity index (χ3v) is 3.58. The van der Waals surface area contributed by atoms with Crippen LogP contribution in [0.15, 0.2) is 12.3 Å². The van der Waals surface area contributed by atoms with Gasteiger partial charge in [0.05, 0.1) is 5.69 Å². The molecule has 1 saturated heterocycles. The van der Waals surface area contributed by atoms with Crippen LogP contribution < -0.4 is 5.32 Å². The van der Waals surface area contributed by atoms with Crippen molar-refractivity contribution in [1.82, 2.24) is 20.0 Å². The van der Waals surface area contributed by atoms with Crippen molar-refractivity contribution in [2.24, 2.45) is 0 Å². The fraction of sp³-hybridized carbons (Fsp3) is 0.769. The number of piperidine rings is 1. The molecular formula is C13H25ClN4. The van der Waals surface area contributed by atoms with Crippen molar-refractivity contribution in [1.29, 1.82) is 0 Å². The van der Waals surface area contributed by atoms with Crippen LogP contribution in [0.5, 0.6) is 0 Å². The molecule has 0 unspecified atom stereocenters. The van der Waals surface area contributed by atoms with Crippen LogP contribution in [0.1, 0.15) is 38.4 Å². The Morgan fingerprint density at radius 2 is 2.11 bits per heavy atom. The molecule has 5 heteroatoms. The molecule has 0 aromatic carbocycles. The van der Waals surface area contributed by atoms with Gasteiger partial charge in [0.1, 0.15) is 0 Å². The number of aromatic nitrogens is 2. The summed E-state index contributed by atoms with van der Waals surface area (Å²) in [6.45, 7) is 7.67. The zero-order chi connectivity index (χ0) is 12.3. The summed E-state index contributed by atoms with van der Waals surface area (Å²) in [5, 5.41) is 7.81. The van der Waals surface area contributed by atoms with Crippen LogP contribution in [0.25, 0.3) is 0 Å². The monoisotopic (exact) mass is 272 g/mol. The molecule has 1 fully saturated rings. The van der Waals surface area contributed by atoms with Crippen LogP contribution in [-0.4, -0.2) is 40.9 Å². The Bertz CT molecular complexity index is 345. The maximum absolute atomic E-state index is 4.39. The van der Waals surface area contributed by atoms with Crippen molar-refractivity contribution in [2.45, 2.75) is 45.3 Å². The molecule has 2 rings (SSSR count). The second-order valence-electron chi connectivity index (χ2n) is 5.26. The van der Waals surface area contributed by atoms with Gasteiger partial charge in [0.2, 0.25) is 0 Å². The highest BCUT2D eigenvalue weighted by atomic mass is 35.5. The first kappa shape index (κ1) is 15.5. The summed E-state index contributed by atoms with van der Waals surface area (Å²) >= 11 is 0. The molecule has 0 spiro atoms. The lowest BCUT2D eigenvalue weighted by molar-refractivity contribution is 0.186. The maximum Gasteiger partial charge on any atom is 0.0527 e. The van der Waals surface area contributed by atoms with Crippen molar-refractivity contribution < 1.29 is 0 Å². The van der Waals surface area contributed by atoms with E-state index in [0.717, 1.165) is 19.6 Å². The van der Waals surface area contributed by atoms with Crippen molar-refractivity contribution in [2.75, 3.05) is 20.1 Å².